The molecule has 4 nitrogen and oxygen atoms in total. The first-order valence-corrected chi connectivity index (χ1v) is 1.07. The number of carboxylic acid groups (broad SMARTS) is 2. The third-order valence-electron chi connectivity index (χ3n) is 0.167. The summed E-state index contributed by atoms with van der Waals surface area (Å²) < 4.78 is 0. The minimum atomic E-state index is -2.19. The Hall–Kier alpha value is 1.54. The van der Waals surface area contributed by atoms with Crippen molar-refractivity contribution in [2.24, 2.45) is 0 Å². The van der Waals surface area contributed by atoms with Gasteiger partial charge in [-0.3, -0.25) is 0 Å². The molecule has 0 aromatic rings. The van der Waals surface area contributed by atoms with Crippen molar-refractivity contribution in [3.8, 4) is 0 Å². The molecular weight excluding hydrogens is 141 g/mol. The molecule has 0 saturated heterocycles. The summed E-state index contributed by atoms with van der Waals surface area (Å²) >= 11 is 0. The van der Waals surface area contributed by atoms with Crippen LogP contribution in [0.3, 0.4) is 0 Å². The number of carbonyl (C=O) groups excluding carboxylic acids is 2. The molecule has 0 amide bonds. The van der Waals surface area contributed by atoms with Gasteiger partial charge in [0.2, 0.25) is 0 Å². The van der Waals surface area contributed by atoms with Crippen LogP contribution in [0.1, 0.15) is 0 Å². The van der Waals surface area contributed by atoms with E-state index in [1.54, 1.807) is 0 Å². The molecule has 0 aromatic heterocycles. The molecule has 7 heteroatoms. The average molecular weight is 142 g/mol. The fourth-order valence-electron chi connectivity index (χ4n) is 0. The Labute approximate surface area is 108 Å². The average Bonchev–Trinajstić information content (AvgIpc) is 1.36. The first kappa shape index (κ1) is 22.4. The van der Waals surface area contributed by atoms with Gasteiger partial charge in [-0.2, -0.15) is 0 Å². The SMILES string of the molecule is O=C([O-])C(=O)[O-].[LiH].[Na+].[Na+]. The molecule has 0 saturated carbocycles. The fraction of sp³-hybridized carbons (Fsp3) is 0. The van der Waals surface area contributed by atoms with Crippen molar-refractivity contribution in [3.05, 3.63) is 0 Å². The molecule has 0 fully saturated rings. The Morgan fingerprint density at radius 3 is 1.00 bits per heavy atom. The predicted molar refractivity (Wildman–Crippen MR) is 17.2 cm³/mol. The summed E-state index contributed by atoms with van der Waals surface area (Å²) in [5.41, 5.74) is 0. The zero-order valence-corrected chi connectivity index (χ0v) is 8.63. The first-order valence-electron chi connectivity index (χ1n) is 1.07. The van der Waals surface area contributed by atoms with E-state index in [9.17, 15) is 0 Å². The van der Waals surface area contributed by atoms with E-state index in [2.05, 4.69) is 0 Å². The van der Waals surface area contributed by atoms with Crippen LogP contribution in [0.2, 0.25) is 0 Å². The summed E-state index contributed by atoms with van der Waals surface area (Å²) in [6.07, 6.45) is 0. The number of carboxylic acids is 2. The van der Waals surface area contributed by atoms with Crippen LogP contribution in [0.4, 0.5) is 0 Å². The van der Waals surface area contributed by atoms with Gasteiger partial charge in [0, 0.05) is 0 Å². The number of hydrogen-bond donors (Lipinski definition) is 0. The van der Waals surface area contributed by atoms with Crippen molar-refractivity contribution in [2.75, 3.05) is 0 Å². The maximum atomic E-state index is 8.93. The molecule has 0 bridgehead atoms. The molecule has 0 radical (unpaired) electrons. The van der Waals surface area contributed by atoms with Gasteiger partial charge >= 0.3 is 78.0 Å². The number of carbonyl (C=O) groups is 2. The molecule has 0 atom stereocenters. The second kappa shape index (κ2) is 12.2. The summed E-state index contributed by atoms with van der Waals surface area (Å²) in [5.74, 6) is -4.37. The van der Waals surface area contributed by atoms with Crippen molar-refractivity contribution in [1.82, 2.24) is 0 Å². The molecule has 0 aromatic carbocycles. The Bertz CT molecular complexity index is 82.6. The van der Waals surface area contributed by atoms with Crippen LogP contribution in [0, 0.1) is 0 Å². The Morgan fingerprint density at radius 2 is 1.00 bits per heavy atom. The van der Waals surface area contributed by atoms with Crippen molar-refractivity contribution >= 4 is 30.8 Å². The van der Waals surface area contributed by atoms with Crippen LogP contribution in [0.5, 0.6) is 0 Å². The van der Waals surface area contributed by atoms with Gasteiger partial charge in [0.15, 0.2) is 0 Å². The minimum absolute atomic E-state index is 0. The molecule has 0 N–H and O–H groups in total. The summed E-state index contributed by atoms with van der Waals surface area (Å²) in [4.78, 5) is 17.9. The molecule has 9 heavy (non-hydrogen) atoms. The van der Waals surface area contributed by atoms with Crippen LogP contribution >= 0.6 is 0 Å². The van der Waals surface area contributed by atoms with E-state index >= 15 is 0 Å². The van der Waals surface area contributed by atoms with Crippen molar-refractivity contribution in [1.29, 1.82) is 0 Å². The maximum Gasteiger partial charge on any atom is 1.00 e. The fourth-order valence-corrected chi connectivity index (χ4v) is 0. The van der Waals surface area contributed by atoms with E-state index in [1.165, 1.54) is 0 Å². The van der Waals surface area contributed by atoms with E-state index in [0.717, 1.165) is 0 Å². The van der Waals surface area contributed by atoms with Crippen LogP contribution < -0.4 is 69.3 Å². The van der Waals surface area contributed by atoms with Crippen LogP contribution in [-0.2, 0) is 9.59 Å². The third kappa shape index (κ3) is 17.7. The Kier molecular flexibility index (Phi) is 30.5. The molecule has 0 heterocycles. The molecule has 0 aliphatic rings. The molecular formula is C2HLiNa2O4. The van der Waals surface area contributed by atoms with Gasteiger partial charge in [-0.25, -0.2) is 0 Å². The normalized spacial score (nSPS) is 4.89. The van der Waals surface area contributed by atoms with Gasteiger partial charge in [0.1, 0.15) is 0 Å². The zero-order chi connectivity index (χ0) is 5.15. The third-order valence-corrected chi connectivity index (χ3v) is 0.167. The quantitative estimate of drug-likeness (QED) is 0.248. The van der Waals surface area contributed by atoms with Crippen LogP contribution in [0.15, 0.2) is 0 Å². The van der Waals surface area contributed by atoms with E-state index in [-0.39, 0.29) is 78.0 Å². The van der Waals surface area contributed by atoms with Crippen molar-refractivity contribution < 1.29 is 78.9 Å². The zero-order valence-electron chi connectivity index (χ0n) is 4.63. The van der Waals surface area contributed by atoms with Crippen molar-refractivity contribution in [3.63, 3.8) is 0 Å². The van der Waals surface area contributed by atoms with Crippen LogP contribution in [-0.4, -0.2) is 30.8 Å². The molecule has 0 spiro atoms. The molecule has 36 valence electrons. The second-order valence-electron chi connectivity index (χ2n) is 0.575. The maximum absolute atomic E-state index is 8.93. The predicted octanol–water partition coefficient (Wildman–Crippen LogP) is -10.2. The molecule has 0 aliphatic carbocycles. The van der Waals surface area contributed by atoms with E-state index in [4.69, 9.17) is 19.8 Å². The number of hydrogen-bond acceptors (Lipinski definition) is 4. The topological polar surface area (TPSA) is 80.3 Å². The van der Waals surface area contributed by atoms with E-state index < -0.39 is 11.9 Å². The van der Waals surface area contributed by atoms with Gasteiger partial charge in [-0.05, 0) is 0 Å². The summed E-state index contributed by atoms with van der Waals surface area (Å²) in [5, 5.41) is 17.9. The largest absolute Gasteiger partial charge is 1.00 e. The Morgan fingerprint density at radius 1 is 0.889 bits per heavy atom. The standard InChI is InChI=1S/C2H2O4.Li.2Na.H/c3-1(4)2(5)6;;;;/h(H,3,4)(H,5,6);;;;/q;;2*+1;/p-2. The summed E-state index contributed by atoms with van der Waals surface area (Å²) in [6.45, 7) is 0. The summed E-state index contributed by atoms with van der Waals surface area (Å²) in [6, 6.07) is 0. The molecule has 0 rings (SSSR count). The molecule has 0 aliphatic heterocycles. The first-order chi connectivity index (χ1) is 2.64. The number of rotatable bonds is 0. The van der Waals surface area contributed by atoms with Gasteiger partial charge in [-0.15, -0.1) is 0 Å². The monoisotopic (exact) mass is 142 g/mol. The Balaban J connectivity index is -0.0000000417. The second-order valence-corrected chi connectivity index (χ2v) is 0.575. The van der Waals surface area contributed by atoms with Crippen LogP contribution in [0.25, 0.3) is 0 Å². The van der Waals surface area contributed by atoms with Gasteiger partial charge in [0.05, 0.1) is 11.9 Å². The van der Waals surface area contributed by atoms with Crippen molar-refractivity contribution in [2.45, 2.75) is 0 Å². The smallest absolute Gasteiger partial charge is 1.00 e. The van der Waals surface area contributed by atoms with E-state index in [1.807, 2.05) is 0 Å². The molecule has 0 unspecified atom stereocenters. The minimum Gasteiger partial charge on any atom is 1.00 e. The summed E-state index contributed by atoms with van der Waals surface area (Å²) in [7, 11) is 0. The van der Waals surface area contributed by atoms with Gasteiger partial charge < -0.3 is 19.8 Å². The number of aliphatic carboxylic acids is 2. The van der Waals surface area contributed by atoms with Gasteiger partial charge in [0.25, 0.3) is 0 Å². The van der Waals surface area contributed by atoms with E-state index in [0.29, 0.717) is 0 Å². The van der Waals surface area contributed by atoms with Gasteiger partial charge in [-0.1, -0.05) is 0 Å².